The van der Waals surface area contributed by atoms with Gasteiger partial charge in [0.15, 0.2) is 0 Å². The quantitative estimate of drug-likeness (QED) is 0.782. The Balaban J connectivity index is 2.01. The number of ether oxygens (including phenoxy) is 1. The van der Waals surface area contributed by atoms with Crippen LogP contribution in [0.25, 0.3) is 0 Å². The second kappa shape index (κ2) is 4.76. The molecule has 1 aliphatic heterocycles. The predicted octanol–water partition coefficient (Wildman–Crippen LogP) is 2.89. The van der Waals surface area contributed by atoms with Crippen LogP contribution in [0.4, 0.5) is 0 Å². The molecular formula is C16H15NO2. The van der Waals surface area contributed by atoms with Gasteiger partial charge in [0.05, 0.1) is 12.1 Å². The minimum Gasteiger partial charge on any atom is -0.483 e. The molecule has 2 aromatic rings. The predicted molar refractivity (Wildman–Crippen MR) is 73.2 cm³/mol. The number of likely N-dealkylation sites (N-methyl/N-ethyl adjacent to an activating group) is 1. The second-order valence-corrected chi connectivity index (χ2v) is 4.70. The summed E-state index contributed by atoms with van der Waals surface area (Å²) in [5.41, 5.74) is 1.71. The van der Waals surface area contributed by atoms with Gasteiger partial charge in [-0.3, -0.25) is 4.79 Å². The maximum absolute atomic E-state index is 12.3. The zero-order chi connectivity index (χ0) is 13.2. The Kier molecular flexibility index (Phi) is 2.95. The summed E-state index contributed by atoms with van der Waals surface area (Å²) in [5.74, 6) is 0.666. The minimum atomic E-state index is -0.126. The van der Waals surface area contributed by atoms with Crippen LogP contribution in [0.15, 0.2) is 54.6 Å². The van der Waals surface area contributed by atoms with Gasteiger partial charge in [-0.25, -0.2) is 0 Å². The summed E-state index contributed by atoms with van der Waals surface area (Å²) < 4.78 is 6.02. The maximum Gasteiger partial charge on any atom is 0.257 e. The Morgan fingerprint density at radius 2 is 1.74 bits per heavy atom. The summed E-state index contributed by atoms with van der Waals surface area (Å²) in [6.07, 6.45) is -0.126. The molecule has 0 radical (unpaired) electrons. The average molecular weight is 253 g/mol. The number of fused-ring (bicyclic) bond motifs is 1. The van der Waals surface area contributed by atoms with Crippen LogP contribution in [-0.4, -0.2) is 24.4 Å². The van der Waals surface area contributed by atoms with E-state index in [0.29, 0.717) is 17.9 Å². The number of para-hydroxylation sites is 1. The molecule has 1 heterocycles. The monoisotopic (exact) mass is 253 g/mol. The smallest absolute Gasteiger partial charge is 0.257 e. The minimum absolute atomic E-state index is 0.00836. The van der Waals surface area contributed by atoms with Crippen LogP contribution >= 0.6 is 0 Å². The zero-order valence-corrected chi connectivity index (χ0v) is 10.7. The summed E-state index contributed by atoms with van der Waals surface area (Å²) in [5, 5.41) is 0. The third-order valence-corrected chi connectivity index (χ3v) is 3.34. The summed E-state index contributed by atoms with van der Waals surface area (Å²) >= 11 is 0. The van der Waals surface area contributed by atoms with Gasteiger partial charge in [-0.2, -0.15) is 0 Å². The van der Waals surface area contributed by atoms with Crippen LogP contribution in [0, 0.1) is 0 Å². The van der Waals surface area contributed by atoms with Gasteiger partial charge in [0.1, 0.15) is 11.9 Å². The lowest BCUT2D eigenvalue weighted by Gasteiger charge is -2.20. The fraction of sp³-hybridized carbons (Fsp3) is 0.188. The number of carbonyl (C=O) groups excluding carboxylic acids is 1. The third-order valence-electron chi connectivity index (χ3n) is 3.34. The van der Waals surface area contributed by atoms with E-state index in [-0.39, 0.29) is 12.0 Å². The van der Waals surface area contributed by atoms with Crippen molar-refractivity contribution >= 4 is 5.91 Å². The maximum atomic E-state index is 12.3. The first-order chi connectivity index (χ1) is 9.25. The third kappa shape index (κ3) is 2.19. The standard InChI is InChI=1S/C16H15NO2/c1-17-11-15(12-7-3-2-4-8-12)19-14-10-6-5-9-13(14)16(17)18/h2-10,15H,11H2,1H3/t15-/m0/s1. The molecule has 3 nitrogen and oxygen atoms in total. The van der Waals surface area contributed by atoms with Crippen molar-refractivity contribution in [3.63, 3.8) is 0 Å². The highest BCUT2D eigenvalue weighted by molar-refractivity contribution is 5.97. The Morgan fingerprint density at radius 3 is 2.53 bits per heavy atom. The van der Waals surface area contributed by atoms with E-state index in [0.717, 1.165) is 5.56 Å². The van der Waals surface area contributed by atoms with Gasteiger partial charge in [-0.15, -0.1) is 0 Å². The van der Waals surface area contributed by atoms with Gasteiger partial charge in [0, 0.05) is 7.05 Å². The molecule has 1 aliphatic rings. The molecule has 0 unspecified atom stereocenters. The van der Waals surface area contributed by atoms with E-state index in [1.807, 2.05) is 61.6 Å². The summed E-state index contributed by atoms with van der Waals surface area (Å²) in [4.78, 5) is 14.0. The van der Waals surface area contributed by atoms with E-state index in [4.69, 9.17) is 4.74 Å². The highest BCUT2D eigenvalue weighted by Gasteiger charge is 2.27. The van der Waals surface area contributed by atoms with Crippen molar-refractivity contribution in [3.8, 4) is 5.75 Å². The number of hydrogen-bond donors (Lipinski definition) is 0. The summed E-state index contributed by atoms with van der Waals surface area (Å²) in [7, 11) is 1.81. The number of nitrogens with zero attached hydrogens (tertiary/aromatic N) is 1. The average Bonchev–Trinajstić information content (AvgIpc) is 2.58. The van der Waals surface area contributed by atoms with E-state index in [1.54, 1.807) is 4.90 Å². The van der Waals surface area contributed by atoms with Crippen molar-refractivity contribution < 1.29 is 9.53 Å². The van der Waals surface area contributed by atoms with Gasteiger partial charge in [-0.05, 0) is 17.7 Å². The molecule has 0 N–H and O–H groups in total. The molecular weight excluding hydrogens is 238 g/mol. The van der Waals surface area contributed by atoms with E-state index in [9.17, 15) is 4.79 Å². The molecule has 1 atom stereocenters. The molecule has 0 aromatic heterocycles. The molecule has 3 heteroatoms. The van der Waals surface area contributed by atoms with Gasteiger partial charge in [-0.1, -0.05) is 42.5 Å². The van der Waals surface area contributed by atoms with Crippen molar-refractivity contribution in [2.24, 2.45) is 0 Å². The van der Waals surface area contributed by atoms with Crippen molar-refractivity contribution in [3.05, 3.63) is 65.7 Å². The lowest BCUT2D eigenvalue weighted by molar-refractivity contribution is 0.0761. The topological polar surface area (TPSA) is 29.5 Å². The van der Waals surface area contributed by atoms with Crippen LogP contribution in [0.3, 0.4) is 0 Å². The first kappa shape index (κ1) is 11.8. The highest BCUT2D eigenvalue weighted by Crippen LogP contribution is 2.30. The molecule has 96 valence electrons. The lowest BCUT2D eigenvalue weighted by atomic mass is 10.1. The molecule has 1 amide bonds. The van der Waals surface area contributed by atoms with Crippen LogP contribution in [0.5, 0.6) is 5.75 Å². The molecule has 0 spiro atoms. The van der Waals surface area contributed by atoms with E-state index >= 15 is 0 Å². The Morgan fingerprint density at radius 1 is 1.05 bits per heavy atom. The normalized spacial score (nSPS) is 18.5. The Bertz CT molecular complexity index is 595. The molecule has 0 bridgehead atoms. The van der Waals surface area contributed by atoms with Crippen LogP contribution in [-0.2, 0) is 0 Å². The SMILES string of the molecule is CN1C[C@@H](c2ccccc2)Oc2ccccc2C1=O. The number of hydrogen-bond acceptors (Lipinski definition) is 2. The van der Waals surface area contributed by atoms with Gasteiger partial charge in [0.25, 0.3) is 5.91 Å². The van der Waals surface area contributed by atoms with Crippen LogP contribution < -0.4 is 4.74 Å². The lowest BCUT2D eigenvalue weighted by Crippen LogP contribution is -2.29. The van der Waals surface area contributed by atoms with Crippen LogP contribution in [0.2, 0.25) is 0 Å². The number of benzene rings is 2. The second-order valence-electron chi connectivity index (χ2n) is 4.70. The molecule has 0 aliphatic carbocycles. The summed E-state index contributed by atoms with van der Waals surface area (Å²) in [6.45, 7) is 0.553. The van der Waals surface area contributed by atoms with E-state index < -0.39 is 0 Å². The molecule has 19 heavy (non-hydrogen) atoms. The molecule has 3 rings (SSSR count). The Labute approximate surface area is 112 Å². The van der Waals surface area contributed by atoms with Crippen molar-refractivity contribution in [1.82, 2.24) is 4.90 Å². The fourth-order valence-corrected chi connectivity index (χ4v) is 2.32. The number of amides is 1. The van der Waals surface area contributed by atoms with Crippen molar-refractivity contribution in [2.75, 3.05) is 13.6 Å². The highest BCUT2D eigenvalue weighted by atomic mass is 16.5. The van der Waals surface area contributed by atoms with Crippen molar-refractivity contribution in [2.45, 2.75) is 6.10 Å². The molecule has 0 saturated heterocycles. The number of carbonyl (C=O) groups is 1. The molecule has 0 fully saturated rings. The van der Waals surface area contributed by atoms with Gasteiger partial charge < -0.3 is 9.64 Å². The van der Waals surface area contributed by atoms with E-state index in [2.05, 4.69) is 0 Å². The summed E-state index contributed by atoms with van der Waals surface area (Å²) in [6, 6.07) is 17.4. The first-order valence-electron chi connectivity index (χ1n) is 6.32. The van der Waals surface area contributed by atoms with Crippen molar-refractivity contribution in [1.29, 1.82) is 0 Å². The number of rotatable bonds is 1. The molecule has 2 aromatic carbocycles. The van der Waals surface area contributed by atoms with Crippen LogP contribution in [0.1, 0.15) is 22.0 Å². The van der Waals surface area contributed by atoms with Gasteiger partial charge in [0.2, 0.25) is 0 Å². The fourth-order valence-electron chi connectivity index (χ4n) is 2.32. The Hall–Kier alpha value is -2.29. The van der Waals surface area contributed by atoms with E-state index in [1.165, 1.54) is 0 Å². The molecule has 0 saturated carbocycles. The zero-order valence-electron chi connectivity index (χ0n) is 10.7. The van der Waals surface area contributed by atoms with Gasteiger partial charge >= 0.3 is 0 Å². The first-order valence-corrected chi connectivity index (χ1v) is 6.32. The largest absolute Gasteiger partial charge is 0.483 e.